The van der Waals surface area contributed by atoms with Gasteiger partial charge in [-0.1, -0.05) is 23.9 Å². The quantitative estimate of drug-likeness (QED) is 0.364. The van der Waals surface area contributed by atoms with E-state index < -0.39 is 0 Å². The van der Waals surface area contributed by atoms with Gasteiger partial charge in [-0.3, -0.25) is 0 Å². The molecule has 0 aliphatic heterocycles. The van der Waals surface area contributed by atoms with Crippen LogP contribution in [-0.4, -0.2) is 23.3 Å². The molecule has 7 heavy (non-hydrogen) atoms. The molecule has 0 aromatic carbocycles. The van der Waals surface area contributed by atoms with E-state index in [0.717, 1.165) is 0 Å². The molecule has 0 amide bonds. The van der Waals surface area contributed by atoms with Crippen LogP contribution in [0.4, 0.5) is 0 Å². The standard InChI is InChI=1S/C3H9NS2.K.H/c1-4(5-2)6-3;;/h1-3H3;;/q;+1;-1. The molecule has 0 spiro atoms. The Morgan fingerprint density at radius 1 is 1.29 bits per heavy atom. The minimum atomic E-state index is 0. The summed E-state index contributed by atoms with van der Waals surface area (Å²) in [6.45, 7) is 0. The first kappa shape index (κ1) is 12.0. The largest absolute Gasteiger partial charge is 1.00 e. The van der Waals surface area contributed by atoms with E-state index in [0.29, 0.717) is 0 Å². The van der Waals surface area contributed by atoms with Crippen molar-refractivity contribution in [1.82, 2.24) is 3.71 Å². The van der Waals surface area contributed by atoms with Gasteiger partial charge >= 0.3 is 51.4 Å². The van der Waals surface area contributed by atoms with E-state index in [1.165, 1.54) is 0 Å². The third-order valence-corrected chi connectivity index (χ3v) is 2.44. The molecule has 0 unspecified atom stereocenters. The fourth-order valence-electron chi connectivity index (χ4n) is 0.0745. The molecule has 0 heterocycles. The molecule has 0 saturated heterocycles. The summed E-state index contributed by atoms with van der Waals surface area (Å²) in [7, 11) is 2.04. The van der Waals surface area contributed by atoms with Gasteiger partial charge in [0.15, 0.2) is 0 Å². The average Bonchev–Trinajstić information content (AvgIpc) is 1.65. The van der Waals surface area contributed by atoms with Crippen molar-refractivity contribution in [2.75, 3.05) is 19.6 Å². The fraction of sp³-hybridized carbons (Fsp3) is 1.00. The summed E-state index contributed by atoms with van der Waals surface area (Å²) >= 11 is 3.44. The van der Waals surface area contributed by atoms with E-state index in [9.17, 15) is 0 Å². The third-order valence-electron chi connectivity index (χ3n) is 0.514. The Hall–Kier alpha value is 2.30. The zero-order valence-electron chi connectivity index (χ0n) is 6.26. The SMILES string of the molecule is CSN(C)SC.[H-].[K+]. The zero-order chi connectivity index (χ0) is 4.99. The van der Waals surface area contributed by atoms with Gasteiger partial charge in [0.05, 0.1) is 0 Å². The van der Waals surface area contributed by atoms with Crippen molar-refractivity contribution in [2.24, 2.45) is 0 Å². The van der Waals surface area contributed by atoms with Crippen molar-refractivity contribution >= 4 is 23.9 Å². The van der Waals surface area contributed by atoms with Gasteiger partial charge in [-0.15, -0.1) is 0 Å². The number of nitrogens with zero attached hydrogens (tertiary/aromatic N) is 1. The summed E-state index contributed by atoms with van der Waals surface area (Å²) in [6.07, 6.45) is 4.10. The fourth-order valence-corrected chi connectivity index (χ4v) is 0.671. The molecule has 4 heteroatoms. The molecule has 0 fully saturated rings. The Bertz CT molecular complexity index is 36.5. The molecule has 0 aromatic rings. The van der Waals surface area contributed by atoms with Crippen LogP contribution in [0.25, 0.3) is 0 Å². The Kier molecular flexibility index (Phi) is 14.2. The molecule has 0 aromatic heterocycles. The van der Waals surface area contributed by atoms with E-state index in [2.05, 4.69) is 16.2 Å². The maximum Gasteiger partial charge on any atom is 1.00 e. The third kappa shape index (κ3) is 8.30. The van der Waals surface area contributed by atoms with Crippen LogP contribution in [0.5, 0.6) is 0 Å². The van der Waals surface area contributed by atoms with Gasteiger partial charge in [0.2, 0.25) is 0 Å². The average molecular weight is 163 g/mol. The molecule has 0 radical (unpaired) electrons. The summed E-state index contributed by atoms with van der Waals surface area (Å²) in [6, 6.07) is 0. The van der Waals surface area contributed by atoms with Crippen molar-refractivity contribution < 1.29 is 52.8 Å². The molecule has 0 bridgehead atoms. The van der Waals surface area contributed by atoms with Crippen LogP contribution in [0.3, 0.4) is 0 Å². The van der Waals surface area contributed by atoms with E-state index >= 15 is 0 Å². The molecule has 0 aliphatic carbocycles. The van der Waals surface area contributed by atoms with Crippen LogP contribution in [-0.2, 0) is 0 Å². The van der Waals surface area contributed by atoms with Crippen LogP contribution >= 0.6 is 23.9 Å². The summed E-state index contributed by atoms with van der Waals surface area (Å²) in [5.74, 6) is 0. The minimum Gasteiger partial charge on any atom is -1.00 e. The Balaban J connectivity index is -0.000000125. The van der Waals surface area contributed by atoms with Crippen molar-refractivity contribution in [3.63, 3.8) is 0 Å². The maximum absolute atomic E-state index is 2.08. The Labute approximate surface area is 98.2 Å². The molecule has 0 atom stereocenters. The van der Waals surface area contributed by atoms with E-state index in [4.69, 9.17) is 0 Å². The van der Waals surface area contributed by atoms with Crippen LogP contribution in [0.2, 0.25) is 0 Å². The van der Waals surface area contributed by atoms with Crippen molar-refractivity contribution in [1.29, 1.82) is 0 Å². The van der Waals surface area contributed by atoms with Gasteiger partial charge in [-0.05, 0) is 12.5 Å². The molecule has 0 saturated carbocycles. The smallest absolute Gasteiger partial charge is 1.00 e. The van der Waals surface area contributed by atoms with Crippen LogP contribution in [0.1, 0.15) is 1.43 Å². The van der Waals surface area contributed by atoms with Gasteiger partial charge in [0.25, 0.3) is 0 Å². The summed E-state index contributed by atoms with van der Waals surface area (Å²) in [5.41, 5.74) is 0. The maximum atomic E-state index is 2.08. The number of rotatable bonds is 2. The van der Waals surface area contributed by atoms with Gasteiger partial charge in [0.1, 0.15) is 0 Å². The Morgan fingerprint density at radius 3 is 1.57 bits per heavy atom. The molecule has 1 nitrogen and oxygen atoms in total. The second-order valence-electron chi connectivity index (χ2n) is 0.805. The molecular formula is C3H10KNS2. The summed E-state index contributed by atoms with van der Waals surface area (Å²) in [5, 5.41) is 0. The van der Waals surface area contributed by atoms with Crippen LogP contribution in [0.15, 0.2) is 0 Å². The van der Waals surface area contributed by atoms with Crippen molar-refractivity contribution in [3.8, 4) is 0 Å². The van der Waals surface area contributed by atoms with E-state index in [-0.39, 0.29) is 52.8 Å². The van der Waals surface area contributed by atoms with Gasteiger partial charge in [-0.25, -0.2) is 0 Å². The first-order valence-corrected chi connectivity index (χ1v) is 3.99. The Morgan fingerprint density at radius 2 is 1.57 bits per heavy atom. The predicted molar refractivity (Wildman–Crippen MR) is 35.9 cm³/mol. The van der Waals surface area contributed by atoms with Gasteiger partial charge in [-0.2, -0.15) is 3.71 Å². The van der Waals surface area contributed by atoms with Crippen LogP contribution in [0, 0.1) is 0 Å². The minimum absolute atomic E-state index is 0. The predicted octanol–water partition coefficient (Wildman–Crippen LogP) is -1.41. The first-order valence-electron chi connectivity index (χ1n) is 1.63. The molecular weight excluding hydrogens is 153 g/mol. The molecule has 0 N–H and O–H groups in total. The van der Waals surface area contributed by atoms with E-state index in [1.54, 1.807) is 23.9 Å². The number of hydrogen-bond donors (Lipinski definition) is 0. The number of hydrogen-bond acceptors (Lipinski definition) is 3. The zero-order valence-corrected chi connectivity index (χ0v) is 10.0. The first-order chi connectivity index (χ1) is 2.81. The summed E-state index contributed by atoms with van der Waals surface area (Å²) < 4.78 is 2.08. The molecule has 0 aliphatic rings. The van der Waals surface area contributed by atoms with Crippen molar-refractivity contribution in [3.05, 3.63) is 0 Å². The monoisotopic (exact) mass is 163 g/mol. The normalized spacial score (nSPS) is 8.57. The van der Waals surface area contributed by atoms with Crippen LogP contribution < -0.4 is 51.4 Å². The molecule has 0 rings (SSSR count). The topological polar surface area (TPSA) is 3.24 Å². The van der Waals surface area contributed by atoms with Crippen molar-refractivity contribution in [2.45, 2.75) is 0 Å². The van der Waals surface area contributed by atoms with E-state index in [1.807, 2.05) is 7.05 Å². The summed E-state index contributed by atoms with van der Waals surface area (Å²) in [4.78, 5) is 0. The second kappa shape index (κ2) is 8.30. The van der Waals surface area contributed by atoms with Gasteiger partial charge in [0, 0.05) is 7.05 Å². The molecule has 40 valence electrons. The second-order valence-corrected chi connectivity index (χ2v) is 2.86. The van der Waals surface area contributed by atoms with Gasteiger partial charge < -0.3 is 1.43 Å².